The van der Waals surface area contributed by atoms with Crippen molar-refractivity contribution >= 4 is 37.3 Å². The first-order valence-corrected chi connectivity index (χ1v) is 16.7. The number of hydrogen-bond donors (Lipinski definition) is 0. The van der Waals surface area contributed by atoms with Crippen LogP contribution >= 0.6 is 19.7 Å². The SMILES string of the molecule is Cc1cc(C)c(B(N(C(C)C)C(C)C)C2(P(c3c(C)cc(C)cc3C)N(C(C)C)C(C)C)CC2(Cl)C#N)c(C)c1. The molecular formula is C34H52BClN3P. The predicted octanol–water partition coefficient (Wildman–Crippen LogP) is 7.88. The van der Waals surface area contributed by atoms with Crippen molar-refractivity contribution < 1.29 is 0 Å². The fourth-order valence-electron chi connectivity index (χ4n) is 7.67. The van der Waals surface area contributed by atoms with Crippen LogP contribution in [0.2, 0.25) is 0 Å². The average Bonchev–Trinajstić information content (AvgIpc) is 3.41. The van der Waals surface area contributed by atoms with Gasteiger partial charge < -0.3 is 4.81 Å². The lowest BCUT2D eigenvalue weighted by Crippen LogP contribution is -2.66. The van der Waals surface area contributed by atoms with Crippen molar-refractivity contribution in [1.29, 1.82) is 5.26 Å². The van der Waals surface area contributed by atoms with Crippen molar-refractivity contribution in [3.05, 3.63) is 57.6 Å². The minimum Gasteiger partial charge on any atom is -0.333 e. The largest absolute Gasteiger partial charge is 0.333 e. The monoisotopic (exact) mass is 579 g/mol. The molecule has 3 nitrogen and oxygen atoms in total. The Bertz CT molecular complexity index is 1140. The fourth-order valence-corrected chi connectivity index (χ4v) is 12.3. The van der Waals surface area contributed by atoms with Crippen molar-refractivity contribution in [2.24, 2.45) is 0 Å². The second-order valence-electron chi connectivity index (χ2n) is 13.5. The van der Waals surface area contributed by atoms with Gasteiger partial charge in [0.25, 0.3) is 6.85 Å². The van der Waals surface area contributed by atoms with E-state index in [0.29, 0.717) is 18.5 Å². The summed E-state index contributed by atoms with van der Waals surface area (Å²) in [6.07, 6.45) is 0.680. The number of nitriles is 1. The highest BCUT2D eigenvalue weighted by Gasteiger charge is 2.79. The van der Waals surface area contributed by atoms with Gasteiger partial charge in [-0.05, 0) is 104 Å². The standard InChI is InChI=1S/C34H52BClN3P/c1-21(2)38(22(3)4)35(31-27(11)15-25(9)16-28(31)12)34(19-33(34,36)20-37)40(39(23(5)6)24(7)8)32-29(13)17-26(10)18-30(32)14/h15-18,21-24H,19H2,1-14H3. The molecule has 0 spiro atoms. The number of halogens is 1. The van der Waals surface area contributed by atoms with Crippen LogP contribution in [0.3, 0.4) is 0 Å². The Morgan fingerprint density at radius 1 is 0.750 bits per heavy atom. The summed E-state index contributed by atoms with van der Waals surface area (Å²) < 4.78 is 2.71. The van der Waals surface area contributed by atoms with Crippen LogP contribution in [0.5, 0.6) is 0 Å². The van der Waals surface area contributed by atoms with E-state index in [1.54, 1.807) is 0 Å². The summed E-state index contributed by atoms with van der Waals surface area (Å²) in [5.74, 6) is 0. The van der Waals surface area contributed by atoms with Gasteiger partial charge in [-0.2, -0.15) is 5.26 Å². The molecule has 3 atom stereocenters. The zero-order chi connectivity index (χ0) is 30.5. The summed E-state index contributed by atoms with van der Waals surface area (Å²) in [7, 11) is -1.02. The molecule has 40 heavy (non-hydrogen) atoms. The van der Waals surface area contributed by atoms with Gasteiger partial charge in [0.05, 0.1) is 6.07 Å². The van der Waals surface area contributed by atoms with Gasteiger partial charge in [0, 0.05) is 25.2 Å². The van der Waals surface area contributed by atoms with Crippen molar-refractivity contribution in [2.75, 3.05) is 0 Å². The van der Waals surface area contributed by atoms with Crippen molar-refractivity contribution in [3.8, 4) is 6.07 Å². The van der Waals surface area contributed by atoms with Crippen LogP contribution < -0.4 is 10.8 Å². The van der Waals surface area contributed by atoms with E-state index in [2.05, 4.69) is 137 Å². The number of aryl methyl sites for hydroxylation is 6. The first-order valence-electron chi connectivity index (χ1n) is 15.1. The molecule has 2 aromatic carbocycles. The van der Waals surface area contributed by atoms with Crippen LogP contribution in [0.1, 0.15) is 95.2 Å². The summed E-state index contributed by atoms with van der Waals surface area (Å²) in [5.41, 5.74) is 9.14. The van der Waals surface area contributed by atoms with Gasteiger partial charge >= 0.3 is 0 Å². The van der Waals surface area contributed by atoms with Crippen LogP contribution in [0, 0.1) is 52.9 Å². The lowest BCUT2D eigenvalue weighted by atomic mass is 9.45. The molecular weight excluding hydrogens is 528 g/mol. The highest BCUT2D eigenvalue weighted by atomic mass is 35.5. The molecule has 0 bridgehead atoms. The fraction of sp³-hybridized carbons (Fsp3) is 0.618. The summed E-state index contributed by atoms with van der Waals surface area (Å²) in [6.45, 7) is 31.9. The van der Waals surface area contributed by atoms with Gasteiger partial charge in [-0.15, -0.1) is 11.6 Å². The molecule has 218 valence electrons. The van der Waals surface area contributed by atoms with E-state index in [1.807, 2.05) is 0 Å². The normalized spacial score (nSPS) is 21.7. The number of rotatable bonds is 10. The third-order valence-electron chi connectivity index (χ3n) is 8.72. The Hall–Kier alpha value is -1.37. The topological polar surface area (TPSA) is 30.3 Å². The molecule has 6 heteroatoms. The molecule has 3 unspecified atom stereocenters. The Balaban J connectivity index is 2.59. The van der Waals surface area contributed by atoms with Gasteiger partial charge in [-0.1, -0.05) is 79.7 Å². The molecule has 3 rings (SSSR count). The maximum atomic E-state index is 10.9. The zero-order valence-electron chi connectivity index (χ0n) is 27.6. The molecule has 0 aromatic heterocycles. The van der Waals surface area contributed by atoms with Crippen LogP contribution in [0.25, 0.3) is 0 Å². The number of alkyl halides is 1. The Morgan fingerprint density at radius 3 is 1.48 bits per heavy atom. The van der Waals surface area contributed by atoms with E-state index < -0.39 is 18.0 Å². The number of benzene rings is 2. The lowest BCUT2D eigenvalue weighted by Gasteiger charge is -2.50. The lowest BCUT2D eigenvalue weighted by molar-refractivity contribution is 0.300. The molecule has 0 saturated heterocycles. The van der Waals surface area contributed by atoms with Gasteiger partial charge in [-0.3, -0.25) is 4.67 Å². The second kappa shape index (κ2) is 12.1. The second-order valence-corrected chi connectivity index (χ2v) is 16.5. The van der Waals surface area contributed by atoms with E-state index in [-0.39, 0.29) is 18.9 Å². The average molecular weight is 580 g/mol. The van der Waals surface area contributed by atoms with Crippen molar-refractivity contribution in [1.82, 2.24) is 9.48 Å². The maximum Gasteiger partial charge on any atom is 0.274 e. The zero-order valence-corrected chi connectivity index (χ0v) is 29.2. The Kier molecular flexibility index (Phi) is 10.0. The summed E-state index contributed by atoms with van der Waals surface area (Å²) >= 11 is 7.62. The van der Waals surface area contributed by atoms with E-state index in [9.17, 15) is 5.26 Å². The van der Waals surface area contributed by atoms with Crippen LogP contribution in [-0.4, -0.2) is 50.4 Å². The maximum absolute atomic E-state index is 10.9. The number of hydrogen-bond acceptors (Lipinski definition) is 3. The van der Waals surface area contributed by atoms with Crippen molar-refractivity contribution in [2.45, 2.75) is 137 Å². The minimum absolute atomic E-state index is 0.00327. The summed E-state index contributed by atoms with van der Waals surface area (Å²) in [4.78, 5) is 1.71. The molecule has 0 radical (unpaired) electrons. The van der Waals surface area contributed by atoms with E-state index in [0.717, 1.165) is 0 Å². The van der Waals surface area contributed by atoms with Gasteiger partial charge in [0.15, 0.2) is 0 Å². The molecule has 0 aliphatic heterocycles. The molecule has 1 aliphatic rings. The molecule has 0 amide bonds. The smallest absolute Gasteiger partial charge is 0.274 e. The minimum atomic E-state index is -1.02. The first-order chi connectivity index (χ1) is 18.4. The highest BCUT2D eigenvalue weighted by molar-refractivity contribution is 7.68. The quantitative estimate of drug-likeness (QED) is 0.163. The first kappa shape index (κ1) is 33.1. The highest BCUT2D eigenvalue weighted by Crippen LogP contribution is 2.75. The van der Waals surface area contributed by atoms with Crippen LogP contribution in [-0.2, 0) is 0 Å². The number of nitrogens with zero attached hydrogens (tertiary/aromatic N) is 3. The Labute approximate surface area is 252 Å². The van der Waals surface area contributed by atoms with Crippen LogP contribution in [0.15, 0.2) is 24.3 Å². The van der Waals surface area contributed by atoms with Crippen molar-refractivity contribution in [3.63, 3.8) is 0 Å². The van der Waals surface area contributed by atoms with Gasteiger partial charge in [0.2, 0.25) is 0 Å². The van der Waals surface area contributed by atoms with Gasteiger partial charge in [-0.25, -0.2) is 0 Å². The predicted molar refractivity (Wildman–Crippen MR) is 179 cm³/mol. The van der Waals surface area contributed by atoms with E-state index >= 15 is 0 Å². The third-order valence-corrected chi connectivity index (χ3v) is 13.5. The Morgan fingerprint density at radius 2 is 1.15 bits per heavy atom. The molecule has 1 saturated carbocycles. The molecule has 0 N–H and O–H groups in total. The summed E-state index contributed by atoms with van der Waals surface area (Å²) in [6, 6.07) is 13.2. The summed E-state index contributed by atoms with van der Waals surface area (Å²) in [5, 5.41) is 11.8. The molecule has 2 aromatic rings. The van der Waals surface area contributed by atoms with Gasteiger partial charge in [0.1, 0.15) is 4.87 Å². The van der Waals surface area contributed by atoms with E-state index in [1.165, 1.54) is 44.1 Å². The molecule has 1 fully saturated rings. The van der Waals surface area contributed by atoms with Crippen LogP contribution in [0.4, 0.5) is 0 Å². The third kappa shape index (κ3) is 5.66. The van der Waals surface area contributed by atoms with E-state index in [4.69, 9.17) is 11.6 Å². The molecule has 0 heterocycles. The molecule has 1 aliphatic carbocycles.